The van der Waals surface area contributed by atoms with E-state index in [1.165, 1.54) is 24.3 Å². The molecule has 0 aliphatic carbocycles. The van der Waals surface area contributed by atoms with Gasteiger partial charge in [-0.3, -0.25) is 4.79 Å². The van der Waals surface area contributed by atoms with Gasteiger partial charge >= 0.3 is 12.3 Å². The molecule has 4 aromatic rings. The zero-order chi connectivity index (χ0) is 28.0. The van der Waals surface area contributed by atoms with Crippen LogP contribution < -0.4 is 9.47 Å². The van der Waals surface area contributed by atoms with E-state index in [4.69, 9.17) is 14.2 Å². The lowest BCUT2D eigenvalue weighted by Crippen LogP contribution is -2.17. The number of carbonyl (C=O) groups is 1. The molecule has 39 heavy (non-hydrogen) atoms. The van der Waals surface area contributed by atoms with Gasteiger partial charge < -0.3 is 23.5 Å². The van der Waals surface area contributed by atoms with Crippen LogP contribution in [0.2, 0.25) is 0 Å². The number of hydrogen-bond donors (Lipinski definition) is 0. The Balaban J connectivity index is 1.56. The minimum Gasteiger partial charge on any atom is -0.489 e. The highest BCUT2D eigenvalue weighted by Crippen LogP contribution is 2.27. The van der Waals surface area contributed by atoms with Crippen molar-refractivity contribution in [3.05, 3.63) is 71.7 Å². The van der Waals surface area contributed by atoms with Gasteiger partial charge in [0.15, 0.2) is 5.82 Å². The number of alkyl halides is 3. The number of hydrogen-bond acceptors (Lipinski definition) is 7. The average molecular weight is 544 g/mol. The second-order valence-corrected chi connectivity index (χ2v) is 8.63. The van der Waals surface area contributed by atoms with E-state index in [-0.39, 0.29) is 24.9 Å². The van der Waals surface area contributed by atoms with E-state index in [0.717, 1.165) is 16.5 Å². The molecule has 0 atom stereocenters. The fraction of sp³-hybridized carbons (Fsp3) is 0.321. The van der Waals surface area contributed by atoms with E-state index in [0.29, 0.717) is 48.2 Å². The molecule has 0 N–H and O–H groups in total. The van der Waals surface area contributed by atoms with Crippen LogP contribution >= 0.6 is 0 Å². The number of nitrogens with zero attached hydrogens (tertiary/aromatic N) is 3. The molecule has 2 aromatic heterocycles. The van der Waals surface area contributed by atoms with Crippen molar-refractivity contribution in [2.45, 2.75) is 39.8 Å². The first-order valence-electron chi connectivity index (χ1n) is 12.3. The maximum absolute atomic E-state index is 12.5. The molecule has 0 aliphatic heterocycles. The normalized spacial score (nSPS) is 11.5. The van der Waals surface area contributed by atoms with Gasteiger partial charge in [0, 0.05) is 42.6 Å². The van der Waals surface area contributed by atoms with Crippen molar-refractivity contribution in [1.29, 1.82) is 0 Å². The Kier molecular flexibility index (Phi) is 8.70. The summed E-state index contributed by atoms with van der Waals surface area (Å²) in [6.07, 6.45) is -2.45. The molecule has 0 fully saturated rings. The number of halogens is 3. The number of aryl methyl sites for hydroxylation is 1. The van der Waals surface area contributed by atoms with Crippen molar-refractivity contribution in [2.24, 2.45) is 0 Å². The van der Waals surface area contributed by atoms with Gasteiger partial charge in [-0.25, -0.2) is 9.97 Å². The Bertz CT molecular complexity index is 1440. The molecule has 0 unspecified atom stereocenters. The van der Waals surface area contributed by atoms with Gasteiger partial charge in [-0.15, -0.1) is 13.2 Å². The number of aromatic nitrogens is 3. The van der Waals surface area contributed by atoms with Crippen LogP contribution in [0.5, 0.6) is 11.5 Å². The summed E-state index contributed by atoms with van der Waals surface area (Å²) in [5.41, 5.74) is 3.55. The van der Waals surface area contributed by atoms with Crippen molar-refractivity contribution in [3.8, 4) is 22.9 Å². The molecule has 4 rings (SSSR count). The number of rotatable bonds is 11. The standard InChI is InChI=1S/C28H28F3N3O5/c1-4-37-26(35)16-34-13-11-19-5-10-22(15-25(19)34)38-17-23-18(2)32-27(33-24(23)12-14-36-3)20-6-8-21(9-7-20)39-28(29,30)31/h5-11,13,15H,4,12,14,16-17H2,1-3H3. The molecule has 2 aromatic carbocycles. The van der Waals surface area contributed by atoms with Crippen LogP contribution in [-0.2, 0) is 33.8 Å². The first kappa shape index (κ1) is 27.9. The largest absolute Gasteiger partial charge is 0.573 e. The number of fused-ring (bicyclic) bond motifs is 1. The van der Waals surface area contributed by atoms with Crippen molar-refractivity contribution < 1.29 is 36.9 Å². The predicted octanol–water partition coefficient (Wildman–Crippen LogP) is 5.64. The smallest absolute Gasteiger partial charge is 0.489 e. The Hall–Kier alpha value is -4.12. The lowest BCUT2D eigenvalue weighted by atomic mass is 10.1. The van der Waals surface area contributed by atoms with Gasteiger partial charge in [-0.2, -0.15) is 0 Å². The van der Waals surface area contributed by atoms with E-state index >= 15 is 0 Å². The molecule has 8 nitrogen and oxygen atoms in total. The van der Waals surface area contributed by atoms with Gasteiger partial charge in [-0.1, -0.05) is 0 Å². The quantitative estimate of drug-likeness (QED) is 0.227. The predicted molar refractivity (Wildman–Crippen MR) is 137 cm³/mol. The molecule has 0 saturated carbocycles. The van der Waals surface area contributed by atoms with Gasteiger partial charge in [0.2, 0.25) is 0 Å². The summed E-state index contributed by atoms with van der Waals surface area (Å²) >= 11 is 0. The van der Waals surface area contributed by atoms with E-state index < -0.39 is 6.36 Å². The summed E-state index contributed by atoms with van der Waals surface area (Å²) in [7, 11) is 1.59. The molecule has 0 amide bonds. The monoisotopic (exact) mass is 543 g/mol. The molecule has 0 radical (unpaired) electrons. The highest BCUT2D eigenvalue weighted by Gasteiger charge is 2.31. The maximum atomic E-state index is 12.5. The third-order valence-corrected chi connectivity index (χ3v) is 5.92. The van der Waals surface area contributed by atoms with Crippen LogP contribution in [-0.4, -0.2) is 47.2 Å². The minimum atomic E-state index is -4.77. The summed E-state index contributed by atoms with van der Waals surface area (Å²) in [5.74, 6) is 0.337. The first-order chi connectivity index (χ1) is 18.7. The number of methoxy groups -OCH3 is 1. The molecular weight excluding hydrogens is 515 g/mol. The molecule has 0 bridgehead atoms. The zero-order valence-electron chi connectivity index (χ0n) is 21.7. The first-order valence-corrected chi connectivity index (χ1v) is 12.3. The van der Waals surface area contributed by atoms with Gasteiger partial charge in [0.25, 0.3) is 0 Å². The van der Waals surface area contributed by atoms with Crippen LogP contribution in [0.1, 0.15) is 23.9 Å². The Morgan fingerprint density at radius 2 is 1.77 bits per heavy atom. The van der Waals surface area contributed by atoms with Crippen molar-refractivity contribution in [2.75, 3.05) is 20.3 Å². The Morgan fingerprint density at radius 1 is 1.03 bits per heavy atom. The highest BCUT2D eigenvalue weighted by molar-refractivity contribution is 5.83. The molecule has 206 valence electrons. The zero-order valence-corrected chi connectivity index (χ0v) is 21.7. The topological polar surface area (TPSA) is 84.7 Å². The maximum Gasteiger partial charge on any atom is 0.573 e. The van der Waals surface area contributed by atoms with E-state index in [1.807, 2.05) is 37.4 Å². The Morgan fingerprint density at radius 3 is 2.46 bits per heavy atom. The lowest BCUT2D eigenvalue weighted by Gasteiger charge is -2.15. The summed E-state index contributed by atoms with van der Waals surface area (Å²) in [5, 5.41) is 0.961. The van der Waals surface area contributed by atoms with Crippen LogP contribution in [0.3, 0.4) is 0 Å². The fourth-order valence-electron chi connectivity index (χ4n) is 4.08. The van der Waals surface area contributed by atoms with Crippen LogP contribution in [0, 0.1) is 6.92 Å². The third kappa shape index (κ3) is 7.26. The average Bonchev–Trinajstić information content (AvgIpc) is 3.28. The highest BCUT2D eigenvalue weighted by atomic mass is 19.4. The molecule has 11 heteroatoms. The lowest BCUT2D eigenvalue weighted by molar-refractivity contribution is -0.274. The number of benzene rings is 2. The van der Waals surface area contributed by atoms with E-state index in [1.54, 1.807) is 18.6 Å². The summed E-state index contributed by atoms with van der Waals surface area (Å²) in [4.78, 5) is 21.2. The molecule has 0 spiro atoms. The van der Waals surface area contributed by atoms with Crippen LogP contribution in [0.15, 0.2) is 54.7 Å². The second-order valence-electron chi connectivity index (χ2n) is 8.63. The Labute approximate surface area is 223 Å². The molecular formula is C28H28F3N3O5. The van der Waals surface area contributed by atoms with E-state index in [2.05, 4.69) is 14.7 Å². The fourth-order valence-corrected chi connectivity index (χ4v) is 4.08. The molecule has 0 aliphatic rings. The third-order valence-electron chi connectivity index (χ3n) is 5.92. The summed E-state index contributed by atoms with van der Waals surface area (Å²) in [6.45, 7) is 4.60. The van der Waals surface area contributed by atoms with Crippen LogP contribution in [0.4, 0.5) is 13.2 Å². The van der Waals surface area contributed by atoms with Crippen LogP contribution in [0.25, 0.3) is 22.3 Å². The van der Waals surface area contributed by atoms with Crippen molar-refractivity contribution >= 4 is 16.9 Å². The van der Waals surface area contributed by atoms with Gasteiger partial charge in [-0.05, 0) is 61.7 Å². The van der Waals surface area contributed by atoms with Gasteiger partial charge in [0.05, 0.1) is 24.4 Å². The molecule has 0 saturated heterocycles. The molecule has 2 heterocycles. The van der Waals surface area contributed by atoms with Gasteiger partial charge in [0.1, 0.15) is 24.7 Å². The van der Waals surface area contributed by atoms with Crippen molar-refractivity contribution in [3.63, 3.8) is 0 Å². The number of carbonyl (C=O) groups excluding carboxylic acids is 1. The van der Waals surface area contributed by atoms with Crippen molar-refractivity contribution in [1.82, 2.24) is 14.5 Å². The summed E-state index contributed by atoms with van der Waals surface area (Å²) in [6, 6.07) is 12.9. The second kappa shape index (κ2) is 12.2. The minimum absolute atomic E-state index is 0.0969. The summed E-state index contributed by atoms with van der Waals surface area (Å²) < 4.78 is 59.7. The van der Waals surface area contributed by atoms with E-state index in [9.17, 15) is 18.0 Å². The number of esters is 1. The number of ether oxygens (including phenoxy) is 4. The SMILES string of the molecule is CCOC(=O)Cn1ccc2ccc(OCc3c(C)nc(-c4ccc(OC(F)(F)F)cc4)nc3CCOC)cc21.